The molecule has 0 unspecified atom stereocenters. The van der Waals surface area contributed by atoms with Crippen molar-refractivity contribution >= 4 is 20.0 Å². The Morgan fingerprint density at radius 3 is 1.43 bits per heavy atom. The Morgan fingerprint density at radius 2 is 1.29 bits per heavy atom. The SMILES string of the molecule is CCOCCN.O=S(=O)(NS(=O)(=O)C(F)(F)F)C(F)(F)F. The van der Waals surface area contributed by atoms with Gasteiger partial charge in [0.25, 0.3) is 0 Å². The summed E-state index contributed by atoms with van der Waals surface area (Å²) in [7, 11) is -13.2. The molecule has 0 saturated carbocycles. The molecule has 0 spiro atoms. The van der Waals surface area contributed by atoms with Gasteiger partial charge in [-0.25, -0.2) is 16.8 Å². The van der Waals surface area contributed by atoms with Gasteiger partial charge in [0.15, 0.2) is 0 Å². The molecule has 0 aliphatic heterocycles. The highest BCUT2D eigenvalue weighted by Gasteiger charge is 2.55. The summed E-state index contributed by atoms with van der Waals surface area (Å²) in [6, 6.07) is 0. The number of halogens is 6. The Balaban J connectivity index is 0. The van der Waals surface area contributed by atoms with E-state index >= 15 is 0 Å². The lowest BCUT2D eigenvalue weighted by atomic mass is 10.7. The quantitative estimate of drug-likeness (QED) is 0.530. The number of hydrogen-bond acceptors (Lipinski definition) is 6. The Hall–Kier alpha value is -0.640. The van der Waals surface area contributed by atoms with Crippen LogP contribution in [0.5, 0.6) is 0 Å². The average Bonchev–Trinajstić information content (AvgIpc) is 2.22. The van der Waals surface area contributed by atoms with Crippen LogP contribution in [0, 0.1) is 0 Å². The minimum absolute atomic E-state index is 0.493. The number of alkyl halides is 6. The van der Waals surface area contributed by atoms with Gasteiger partial charge in [0, 0.05) is 13.2 Å². The van der Waals surface area contributed by atoms with Crippen LogP contribution in [0.15, 0.2) is 0 Å². The van der Waals surface area contributed by atoms with Gasteiger partial charge in [-0.3, -0.25) is 0 Å². The molecule has 0 amide bonds. The topological polar surface area (TPSA) is 116 Å². The second-order valence-corrected chi connectivity index (χ2v) is 6.57. The number of rotatable bonds is 5. The molecule has 7 nitrogen and oxygen atoms in total. The molecule has 0 saturated heterocycles. The first-order valence-corrected chi connectivity index (χ1v) is 7.78. The summed E-state index contributed by atoms with van der Waals surface area (Å²) in [5.41, 5.74) is -7.21. The zero-order valence-electron chi connectivity index (χ0n) is 10.3. The molecule has 0 radical (unpaired) electrons. The van der Waals surface area contributed by atoms with Gasteiger partial charge >= 0.3 is 31.1 Å². The maximum absolute atomic E-state index is 11.5. The van der Waals surface area contributed by atoms with Crippen molar-refractivity contribution in [1.29, 1.82) is 0 Å². The number of sulfonamides is 2. The van der Waals surface area contributed by atoms with Crippen molar-refractivity contribution in [3.63, 3.8) is 0 Å². The van der Waals surface area contributed by atoms with E-state index in [-0.39, 0.29) is 0 Å². The lowest BCUT2D eigenvalue weighted by Gasteiger charge is -2.11. The Kier molecular flexibility index (Phi) is 8.75. The predicted molar refractivity (Wildman–Crippen MR) is 58.6 cm³/mol. The third-order valence-electron chi connectivity index (χ3n) is 1.30. The van der Waals surface area contributed by atoms with Gasteiger partial charge < -0.3 is 10.5 Å². The molecule has 130 valence electrons. The van der Waals surface area contributed by atoms with Gasteiger partial charge in [-0.2, -0.15) is 26.3 Å². The number of nitrogens with one attached hydrogen (secondary N) is 1. The first-order chi connectivity index (χ1) is 9.12. The first-order valence-electron chi connectivity index (χ1n) is 4.81. The van der Waals surface area contributed by atoms with Crippen LogP contribution in [-0.2, 0) is 24.8 Å². The van der Waals surface area contributed by atoms with E-state index in [4.69, 9.17) is 10.5 Å². The molecule has 21 heavy (non-hydrogen) atoms. The van der Waals surface area contributed by atoms with Crippen molar-refractivity contribution in [2.45, 2.75) is 17.9 Å². The second kappa shape index (κ2) is 8.11. The monoisotopic (exact) mass is 370 g/mol. The molecular weight excluding hydrogens is 358 g/mol. The van der Waals surface area contributed by atoms with Crippen molar-refractivity contribution in [2.75, 3.05) is 19.8 Å². The predicted octanol–water partition coefficient (Wildman–Crippen LogP) is 0.257. The largest absolute Gasteiger partial charge is 0.512 e. The molecule has 0 fully saturated rings. The van der Waals surface area contributed by atoms with E-state index in [1.165, 1.54) is 0 Å². The van der Waals surface area contributed by atoms with Crippen molar-refractivity contribution in [3.8, 4) is 0 Å². The summed E-state index contributed by atoms with van der Waals surface area (Å²) in [5, 5.41) is 0. The van der Waals surface area contributed by atoms with Crippen LogP contribution >= 0.6 is 0 Å². The summed E-state index contributed by atoms with van der Waals surface area (Å²) in [6.07, 6.45) is 0. The minimum Gasteiger partial charge on any atom is -0.380 e. The average molecular weight is 370 g/mol. The van der Waals surface area contributed by atoms with E-state index in [1.54, 1.807) is 0 Å². The smallest absolute Gasteiger partial charge is 0.380 e. The third kappa shape index (κ3) is 8.40. The number of ether oxygens (including phenoxy) is 1. The molecule has 0 aliphatic rings. The fraction of sp³-hybridized carbons (Fsp3) is 1.00. The molecule has 0 aliphatic carbocycles. The third-order valence-corrected chi connectivity index (χ3v) is 4.27. The second-order valence-electron chi connectivity index (χ2n) is 2.97. The molecule has 0 heterocycles. The van der Waals surface area contributed by atoms with Gasteiger partial charge in [-0.05, 0) is 6.92 Å². The summed E-state index contributed by atoms with van der Waals surface area (Å²) >= 11 is 0. The van der Waals surface area contributed by atoms with Crippen molar-refractivity contribution < 1.29 is 47.9 Å². The van der Waals surface area contributed by atoms with Crippen molar-refractivity contribution in [1.82, 2.24) is 4.13 Å². The Morgan fingerprint density at radius 1 is 0.952 bits per heavy atom. The van der Waals surface area contributed by atoms with E-state index < -0.39 is 35.2 Å². The number of nitrogens with two attached hydrogens (primary N) is 1. The molecule has 0 aromatic heterocycles. The molecule has 0 aromatic rings. The lowest BCUT2D eigenvalue weighted by Crippen LogP contribution is -2.45. The highest BCUT2D eigenvalue weighted by atomic mass is 32.3. The maximum Gasteiger partial charge on any atom is 0.512 e. The van der Waals surface area contributed by atoms with Crippen LogP contribution in [-0.4, -0.2) is 47.6 Å². The van der Waals surface area contributed by atoms with Crippen LogP contribution in [0.3, 0.4) is 0 Å². The van der Waals surface area contributed by atoms with E-state index in [0.717, 1.165) is 6.61 Å². The Labute approximate surface area is 116 Å². The zero-order valence-corrected chi connectivity index (χ0v) is 12.0. The Bertz CT molecular complexity index is 451. The molecule has 0 aromatic carbocycles. The summed E-state index contributed by atoms with van der Waals surface area (Å²) in [4.78, 5) is 0. The highest BCUT2D eigenvalue weighted by molar-refractivity contribution is 8.05. The van der Waals surface area contributed by atoms with Crippen LogP contribution in [0.25, 0.3) is 0 Å². The fourth-order valence-electron chi connectivity index (χ4n) is 0.467. The molecule has 0 rings (SSSR count). The molecule has 0 atom stereocenters. The molecule has 0 bridgehead atoms. The van der Waals surface area contributed by atoms with Gasteiger partial charge in [0.05, 0.1) is 6.61 Å². The van der Waals surface area contributed by atoms with Gasteiger partial charge in [-0.15, -0.1) is 0 Å². The lowest BCUT2D eigenvalue weighted by molar-refractivity contribution is -0.0476. The van der Waals surface area contributed by atoms with Crippen LogP contribution < -0.4 is 9.86 Å². The normalized spacial score (nSPS) is 13.5. The van der Waals surface area contributed by atoms with E-state index in [1.807, 2.05) is 6.92 Å². The van der Waals surface area contributed by atoms with Crippen molar-refractivity contribution in [2.24, 2.45) is 5.73 Å². The van der Waals surface area contributed by atoms with E-state index in [9.17, 15) is 43.2 Å². The maximum atomic E-state index is 11.5. The van der Waals surface area contributed by atoms with E-state index in [0.29, 0.717) is 13.2 Å². The summed E-state index contributed by atoms with van der Waals surface area (Å²) < 4.78 is 113. The van der Waals surface area contributed by atoms with Crippen molar-refractivity contribution in [3.05, 3.63) is 0 Å². The molecule has 3 N–H and O–H groups in total. The van der Waals surface area contributed by atoms with Crippen LogP contribution in [0.4, 0.5) is 26.3 Å². The van der Waals surface area contributed by atoms with Crippen LogP contribution in [0.1, 0.15) is 6.92 Å². The van der Waals surface area contributed by atoms with E-state index in [2.05, 4.69) is 0 Å². The number of hydrogen-bond donors (Lipinski definition) is 2. The van der Waals surface area contributed by atoms with Gasteiger partial charge in [0.2, 0.25) is 0 Å². The zero-order chi connectivity index (χ0) is 17.5. The molecular formula is C6H12F6N2O5S2. The highest BCUT2D eigenvalue weighted by Crippen LogP contribution is 2.27. The molecule has 15 heteroatoms. The first kappa shape index (κ1) is 22.6. The fourth-order valence-corrected chi connectivity index (χ4v) is 2.38. The van der Waals surface area contributed by atoms with Crippen LogP contribution in [0.2, 0.25) is 0 Å². The van der Waals surface area contributed by atoms with Gasteiger partial charge in [0.1, 0.15) is 0 Å². The minimum atomic E-state index is -6.60. The standard InChI is InChI=1S/C4H11NO.C2HF6NO4S2/c1-2-6-4-3-5;3-1(4,5)14(10,11)9-15(12,13)2(6,7)8/h2-5H2,1H3;9H. The summed E-state index contributed by atoms with van der Waals surface area (Å²) in [6.45, 7) is 4.05. The summed E-state index contributed by atoms with van der Waals surface area (Å²) in [5.74, 6) is 0. The van der Waals surface area contributed by atoms with Gasteiger partial charge in [-0.1, -0.05) is 4.13 Å².